The van der Waals surface area contributed by atoms with Gasteiger partial charge in [-0.15, -0.1) is 0 Å². The average molecular weight is 351 g/mol. The lowest BCUT2D eigenvalue weighted by Crippen LogP contribution is -2.32. The van der Waals surface area contributed by atoms with E-state index in [4.69, 9.17) is 0 Å². The minimum Gasteiger partial charge on any atom is -0.374 e. The van der Waals surface area contributed by atoms with Gasteiger partial charge in [0.25, 0.3) is 0 Å². The molecular formula is C15H19BrN4O. The van der Waals surface area contributed by atoms with Crippen molar-refractivity contribution in [3.05, 3.63) is 41.0 Å². The summed E-state index contributed by atoms with van der Waals surface area (Å²) in [6, 6.07) is 9.36. The van der Waals surface area contributed by atoms with Gasteiger partial charge in [-0.2, -0.15) is 5.10 Å². The van der Waals surface area contributed by atoms with Crippen LogP contribution < -0.4 is 10.6 Å². The van der Waals surface area contributed by atoms with E-state index in [1.165, 1.54) is 0 Å². The SMILES string of the molecule is CC(Nc1ccc(Br)cc1)C(=O)Nc1ccnn1C(C)C. The van der Waals surface area contributed by atoms with Crippen molar-refractivity contribution in [2.75, 3.05) is 10.6 Å². The summed E-state index contributed by atoms with van der Waals surface area (Å²) < 4.78 is 2.79. The van der Waals surface area contributed by atoms with Crippen LogP contribution in [0.5, 0.6) is 0 Å². The van der Waals surface area contributed by atoms with Gasteiger partial charge in [-0.25, -0.2) is 4.68 Å². The number of halogens is 1. The molecule has 2 N–H and O–H groups in total. The van der Waals surface area contributed by atoms with Crippen LogP contribution in [-0.4, -0.2) is 21.7 Å². The van der Waals surface area contributed by atoms with Gasteiger partial charge in [0, 0.05) is 22.3 Å². The molecule has 1 aromatic heterocycles. The zero-order valence-corrected chi connectivity index (χ0v) is 13.9. The number of amides is 1. The second-order valence-electron chi connectivity index (χ2n) is 5.12. The first-order valence-corrected chi connectivity index (χ1v) is 7.63. The highest BCUT2D eigenvalue weighted by atomic mass is 79.9. The van der Waals surface area contributed by atoms with Gasteiger partial charge in [-0.05, 0) is 45.0 Å². The topological polar surface area (TPSA) is 59.0 Å². The molecule has 0 aliphatic carbocycles. The van der Waals surface area contributed by atoms with E-state index in [1.807, 2.05) is 45.0 Å². The Balaban J connectivity index is 1.99. The van der Waals surface area contributed by atoms with Crippen molar-refractivity contribution in [2.45, 2.75) is 32.9 Å². The zero-order valence-electron chi connectivity index (χ0n) is 12.3. The first kappa shape index (κ1) is 15.6. The largest absolute Gasteiger partial charge is 0.374 e. The summed E-state index contributed by atoms with van der Waals surface area (Å²) >= 11 is 3.39. The maximum absolute atomic E-state index is 12.2. The van der Waals surface area contributed by atoms with Crippen LogP contribution >= 0.6 is 15.9 Å². The number of carbonyl (C=O) groups excluding carboxylic acids is 1. The molecule has 2 aromatic rings. The Morgan fingerprint density at radius 3 is 2.48 bits per heavy atom. The van der Waals surface area contributed by atoms with Gasteiger partial charge in [0.1, 0.15) is 11.9 Å². The monoisotopic (exact) mass is 350 g/mol. The van der Waals surface area contributed by atoms with Crippen LogP contribution in [0.2, 0.25) is 0 Å². The Kier molecular flexibility index (Phi) is 5.01. The highest BCUT2D eigenvalue weighted by Gasteiger charge is 2.15. The fourth-order valence-corrected chi connectivity index (χ4v) is 2.19. The van der Waals surface area contributed by atoms with Crippen molar-refractivity contribution in [2.24, 2.45) is 0 Å². The van der Waals surface area contributed by atoms with Crippen molar-refractivity contribution >= 4 is 33.3 Å². The predicted molar refractivity (Wildman–Crippen MR) is 88.5 cm³/mol. The minimum absolute atomic E-state index is 0.0969. The molecule has 112 valence electrons. The van der Waals surface area contributed by atoms with Crippen molar-refractivity contribution in [3.63, 3.8) is 0 Å². The molecule has 6 heteroatoms. The highest BCUT2D eigenvalue weighted by Crippen LogP contribution is 2.16. The molecule has 0 saturated heterocycles. The maximum atomic E-state index is 12.2. The number of aromatic nitrogens is 2. The lowest BCUT2D eigenvalue weighted by Gasteiger charge is -2.17. The minimum atomic E-state index is -0.346. The number of nitrogens with zero attached hydrogens (tertiary/aromatic N) is 2. The second-order valence-corrected chi connectivity index (χ2v) is 6.03. The first-order valence-electron chi connectivity index (χ1n) is 6.84. The standard InChI is InChI=1S/C15H19BrN4O/c1-10(2)20-14(8-9-17-20)19-15(21)11(3)18-13-6-4-12(16)5-7-13/h4-11,18H,1-3H3,(H,19,21). The van der Waals surface area contributed by atoms with Crippen molar-refractivity contribution < 1.29 is 4.79 Å². The summed E-state index contributed by atoms with van der Waals surface area (Å²) in [5, 5.41) is 10.3. The number of benzene rings is 1. The number of anilines is 2. The molecule has 0 aliphatic rings. The Labute approximate surface area is 132 Å². The van der Waals surface area contributed by atoms with Gasteiger partial charge in [-0.3, -0.25) is 4.79 Å². The third kappa shape index (κ3) is 4.07. The zero-order chi connectivity index (χ0) is 15.4. The fraction of sp³-hybridized carbons (Fsp3) is 0.333. The van der Waals surface area contributed by atoms with Crippen LogP contribution in [0.25, 0.3) is 0 Å². The maximum Gasteiger partial charge on any atom is 0.247 e. The van der Waals surface area contributed by atoms with Crippen LogP contribution in [-0.2, 0) is 4.79 Å². The van der Waals surface area contributed by atoms with E-state index in [0.29, 0.717) is 5.82 Å². The molecule has 1 atom stereocenters. The summed E-state index contributed by atoms with van der Waals surface area (Å²) in [5.41, 5.74) is 0.901. The van der Waals surface area contributed by atoms with Gasteiger partial charge >= 0.3 is 0 Å². The Morgan fingerprint density at radius 2 is 1.86 bits per heavy atom. The van der Waals surface area contributed by atoms with E-state index in [1.54, 1.807) is 16.9 Å². The molecule has 1 aromatic carbocycles. The molecule has 0 radical (unpaired) electrons. The number of hydrogen-bond acceptors (Lipinski definition) is 3. The summed E-state index contributed by atoms with van der Waals surface area (Å²) in [6.07, 6.45) is 1.68. The van der Waals surface area contributed by atoms with E-state index in [9.17, 15) is 4.79 Å². The molecule has 0 fully saturated rings. The Morgan fingerprint density at radius 1 is 1.19 bits per heavy atom. The van der Waals surface area contributed by atoms with E-state index < -0.39 is 0 Å². The number of rotatable bonds is 5. The second kappa shape index (κ2) is 6.76. The van der Waals surface area contributed by atoms with E-state index in [2.05, 4.69) is 31.7 Å². The van der Waals surface area contributed by atoms with Gasteiger partial charge < -0.3 is 10.6 Å². The number of nitrogens with one attached hydrogen (secondary N) is 2. The highest BCUT2D eigenvalue weighted by molar-refractivity contribution is 9.10. The summed E-state index contributed by atoms with van der Waals surface area (Å²) in [5.74, 6) is 0.611. The first-order chi connectivity index (χ1) is 9.97. The fourth-order valence-electron chi connectivity index (χ4n) is 1.92. The molecule has 0 aliphatic heterocycles. The molecule has 1 amide bonds. The van der Waals surface area contributed by atoms with Gasteiger partial charge in [0.2, 0.25) is 5.91 Å². The van der Waals surface area contributed by atoms with Gasteiger partial charge in [0.15, 0.2) is 0 Å². The molecule has 5 nitrogen and oxygen atoms in total. The number of carbonyl (C=O) groups is 1. The lowest BCUT2D eigenvalue weighted by atomic mass is 10.2. The third-order valence-electron chi connectivity index (χ3n) is 3.03. The smallest absolute Gasteiger partial charge is 0.247 e. The van der Waals surface area contributed by atoms with Crippen LogP contribution in [0, 0.1) is 0 Å². The predicted octanol–water partition coefficient (Wildman–Crippen LogP) is 3.67. The Bertz CT molecular complexity index is 606. The third-order valence-corrected chi connectivity index (χ3v) is 3.56. The molecule has 21 heavy (non-hydrogen) atoms. The van der Waals surface area contributed by atoms with Gasteiger partial charge in [-0.1, -0.05) is 15.9 Å². The molecule has 0 bridgehead atoms. The molecule has 0 saturated carbocycles. The van der Waals surface area contributed by atoms with E-state index in [-0.39, 0.29) is 18.0 Å². The number of hydrogen-bond donors (Lipinski definition) is 2. The van der Waals surface area contributed by atoms with Crippen molar-refractivity contribution in [1.82, 2.24) is 9.78 Å². The molecule has 0 spiro atoms. The molecule has 1 unspecified atom stereocenters. The normalized spacial score (nSPS) is 12.2. The lowest BCUT2D eigenvalue weighted by molar-refractivity contribution is -0.116. The van der Waals surface area contributed by atoms with E-state index in [0.717, 1.165) is 10.2 Å². The van der Waals surface area contributed by atoms with E-state index >= 15 is 0 Å². The molecule has 1 heterocycles. The van der Waals surface area contributed by atoms with Crippen LogP contribution in [0.1, 0.15) is 26.8 Å². The van der Waals surface area contributed by atoms with Crippen molar-refractivity contribution in [3.8, 4) is 0 Å². The summed E-state index contributed by atoms with van der Waals surface area (Å²) in [4.78, 5) is 12.2. The summed E-state index contributed by atoms with van der Waals surface area (Å²) in [7, 11) is 0. The van der Waals surface area contributed by atoms with Crippen LogP contribution in [0.15, 0.2) is 41.0 Å². The van der Waals surface area contributed by atoms with Crippen LogP contribution in [0.4, 0.5) is 11.5 Å². The van der Waals surface area contributed by atoms with Crippen LogP contribution in [0.3, 0.4) is 0 Å². The molecule has 2 rings (SSSR count). The average Bonchev–Trinajstić information content (AvgIpc) is 2.89. The summed E-state index contributed by atoms with van der Waals surface area (Å²) in [6.45, 7) is 5.87. The molecular weight excluding hydrogens is 332 g/mol. The Hall–Kier alpha value is -1.82. The quantitative estimate of drug-likeness (QED) is 0.864. The van der Waals surface area contributed by atoms with Crippen molar-refractivity contribution in [1.29, 1.82) is 0 Å². The van der Waals surface area contributed by atoms with Gasteiger partial charge in [0.05, 0.1) is 6.20 Å².